The van der Waals surface area contributed by atoms with E-state index >= 15 is 0 Å². The van der Waals surface area contributed by atoms with Gasteiger partial charge in [0.05, 0.1) is 0 Å². The van der Waals surface area contributed by atoms with Gasteiger partial charge in [0, 0.05) is 11.3 Å². The molecule has 0 saturated carbocycles. The Kier molecular flexibility index (Phi) is 4.46. The Morgan fingerprint density at radius 3 is 2.73 bits per heavy atom. The largest absolute Gasteiger partial charge is 0.444 e. The molecule has 0 fully saturated rings. The summed E-state index contributed by atoms with van der Waals surface area (Å²) in [7, 11) is 0. The van der Waals surface area contributed by atoms with E-state index in [1.165, 1.54) is 6.92 Å². The second-order valence-electron chi connectivity index (χ2n) is 5.84. The van der Waals surface area contributed by atoms with Crippen LogP contribution in [-0.2, 0) is 4.74 Å². The molecule has 1 aromatic heterocycles. The van der Waals surface area contributed by atoms with E-state index in [2.05, 4.69) is 15.5 Å². The van der Waals surface area contributed by atoms with Crippen LogP contribution < -0.4 is 5.32 Å². The zero-order valence-corrected chi connectivity index (χ0v) is 13.0. The number of aromatic nitrogens is 2. The quantitative estimate of drug-likeness (QED) is 0.904. The molecule has 0 aliphatic carbocycles. The standard InChI is InChI=1S/C15H19N3O4/c1-9(19)13-17-12(18-22-13)10-6-5-7-11(8-10)16-14(20)21-15(2,3)4/h5-9,19H,1-4H3,(H,16,20). The normalized spacial score (nSPS) is 12.8. The molecule has 7 nitrogen and oxygen atoms in total. The maximum absolute atomic E-state index is 11.8. The van der Waals surface area contributed by atoms with E-state index in [1.54, 1.807) is 45.0 Å². The fourth-order valence-electron chi connectivity index (χ4n) is 1.68. The number of anilines is 1. The summed E-state index contributed by atoms with van der Waals surface area (Å²) in [6.45, 7) is 6.91. The Morgan fingerprint density at radius 2 is 2.14 bits per heavy atom. The lowest BCUT2D eigenvalue weighted by molar-refractivity contribution is 0.0636. The minimum Gasteiger partial charge on any atom is -0.444 e. The average Bonchev–Trinajstić information content (AvgIpc) is 2.86. The van der Waals surface area contributed by atoms with Crippen LogP contribution in [0.4, 0.5) is 10.5 Å². The van der Waals surface area contributed by atoms with Crippen molar-refractivity contribution in [1.29, 1.82) is 0 Å². The second-order valence-corrected chi connectivity index (χ2v) is 5.84. The molecule has 0 radical (unpaired) electrons. The van der Waals surface area contributed by atoms with E-state index in [1.807, 2.05) is 0 Å². The van der Waals surface area contributed by atoms with Gasteiger partial charge in [-0.1, -0.05) is 17.3 Å². The summed E-state index contributed by atoms with van der Waals surface area (Å²) in [5.41, 5.74) is 0.640. The van der Waals surface area contributed by atoms with Crippen molar-refractivity contribution in [2.45, 2.75) is 39.4 Å². The number of nitrogens with zero attached hydrogens (tertiary/aromatic N) is 2. The summed E-state index contributed by atoms with van der Waals surface area (Å²) in [6.07, 6.45) is -1.37. The molecule has 2 aromatic rings. The summed E-state index contributed by atoms with van der Waals surface area (Å²) < 4.78 is 10.1. The van der Waals surface area contributed by atoms with Crippen LogP contribution in [0.1, 0.15) is 39.7 Å². The summed E-state index contributed by atoms with van der Waals surface area (Å²) in [5.74, 6) is 0.476. The Balaban J connectivity index is 2.14. The number of rotatable bonds is 3. The summed E-state index contributed by atoms with van der Waals surface area (Å²) in [5, 5.41) is 15.8. The van der Waals surface area contributed by atoms with Crippen LogP contribution in [0.2, 0.25) is 0 Å². The molecule has 0 bridgehead atoms. The van der Waals surface area contributed by atoms with Crippen molar-refractivity contribution >= 4 is 11.8 Å². The van der Waals surface area contributed by atoms with Gasteiger partial charge in [0.25, 0.3) is 5.89 Å². The Labute approximate surface area is 128 Å². The number of hydrogen-bond donors (Lipinski definition) is 2. The molecule has 7 heteroatoms. The second kappa shape index (κ2) is 6.15. The third kappa shape index (κ3) is 4.29. The zero-order valence-electron chi connectivity index (χ0n) is 13.0. The lowest BCUT2D eigenvalue weighted by Gasteiger charge is -2.19. The molecule has 0 spiro atoms. The van der Waals surface area contributed by atoms with Gasteiger partial charge >= 0.3 is 6.09 Å². The molecule has 1 unspecified atom stereocenters. The number of carbonyl (C=O) groups is 1. The van der Waals surface area contributed by atoms with Crippen LogP contribution in [0, 0.1) is 0 Å². The molecule has 2 N–H and O–H groups in total. The predicted molar refractivity (Wildman–Crippen MR) is 80.2 cm³/mol. The van der Waals surface area contributed by atoms with Crippen molar-refractivity contribution < 1.29 is 19.2 Å². The molecule has 1 atom stereocenters. The molecule has 1 aromatic carbocycles. The van der Waals surface area contributed by atoms with Gasteiger partial charge in [0.2, 0.25) is 5.82 Å². The van der Waals surface area contributed by atoms with Gasteiger partial charge in [-0.15, -0.1) is 0 Å². The molecule has 1 amide bonds. The molecule has 118 valence electrons. The maximum Gasteiger partial charge on any atom is 0.412 e. The fourth-order valence-corrected chi connectivity index (χ4v) is 1.68. The molecular formula is C15H19N3O4. The van der Waals surface area contributed by atoms with Gasteiger partial charge < -0.3 is 14.4 Å². The lowest BCUT2D eigenvalue weighted by Crippen LogP contribution is -2.27. The number of hydrogen-bond acceptors (Lipinski definition) is 6. The fraction of sp³-hybridized carbons (Fsp3) is 0.400. The van der Waals surface area contributed by atoms with Gasteiger partial charge in [-0.2, -0.15) is 4.98 Å². The highest BCUT2D eigenvalue weighted by Gasteiger charge is 2.17. The third-order valence-corrected chi connectivity index (χ3v) is 2.57. The first-order valence-electron chi connectivity index (χ1n) is 6.87. The maximum atomic E-state index is 11.8. The smallest absolute Gasteiger partial charge is 0.412 e. The topological polar surface area (TPSA) is 97.5 Å². The first kappa shape index (κ1) is 16.0. The summed E-state index contributed by atoms with van der Waals surface area (Å²) >= 11 is 0. The number of aliphatic hydroxyl groups is 1. The molecule has 1 heterocycles. The highest BCUT2D eigenvalue weighted by atomic mass is 16.6. The number of ether oxygens (including phenoxy) is 1. The van der Waals surface area contributed by atoms with Gasteiger partial charge in [-0.25, -0.2) is 4.79 Å². The van der Waals surface area contributed by atoms with E-state index in [4.69, 9.17) is 9.26 Å². The van der Waals surface area contributed by atoms with Gasteiger partial charge in [-0.05, 0) is 39.8 Å². The van der Waals surface area contributed by atoms with Crippen LogP contribution >= 0.6 is 0 Å². The molecule has 22 heavy (non-hydrogen) atoms. The third-order valence-electron chi connectivity index (χ3n) is 2.57. The molecule has 0 aliphatic rings. The first-order valence-corrected chi connectivity index (χ1v) is 6.87. The highest BCUT2D eigenvalue weighted by molar-refractivity contribution is 5.85. The van der Waals surface area contributed by atoms with Crippen molar-refractivity contribution in [2.24, 2.45) is 0 Å². The van der Waals surface area contributed by atoms with Crippen LogP contribution in [0.15, 0.2) is 28.8 Å². The SMILES string of the molecule is CC(O)c1nc(-c2cccc(NC(=O)OC(C)(C)C)c2)no1. The monoisotopic (exact) mass is 305 g/mol. The Hall–Kier alpha value is -2.41. The van der Waals surface area contributed by atoms with Crippen LogP contribution in [0.3, 0.4) is 0 Å². The Morgan fingerprint density at radius 1 is 1.41 bits per heavy atom. The number of aliphatic hydroxyl groups excluding tert-OH is 1. The lowest BCUT2D eigenvalue weighted by atomic mass is 10.2. The van der Waals surface area contributed by atoms with Crippen LogP contribution in [0.5, 0.6) is 0 Å². The van der Waals surface area contributed by atoms with Crippen LogP contribution in [-0.4, -0.2) is 26.9 Å². The number of carbonyl (C=O) groups excluding carboxylic acids is 1. The molecule has 0 aliphatic heterocycles. The zero-order chi connectivity index (χ0) is 16.3. The molecule has 2 rings (SSSR count). The van der Waals surface area contributed by atoms with Crippen molar-refractivity contribution in [3.8, 4) is 11.4 Å². The van der Waals surface area contributed by atoms with Gasteiger partial charge in [0.15, 0.2) is 0 Å². The van der Waals surface area contributed by atoms with Crippen molar-refractivity contribution in [2.75, 3.05) is 5.32 Å². The average molecular weight is 305 g/mol. The van der Waals surface area contributed by atoms with Crippen molar-refractivity contribution in [3.63, 3.8) is 0 Å². The minimum absolute atomic E-state index is 0.139. The predicted octanol–water partition coefficient (Wildman–Crippen LogP) is 3.14. The van der Waals surface area contributed by atoms with E-state index in [-0.39, 0.29) is 5.89 Å². The summed E-state index contributed by atoms with van der Waals surface area (Å²) in [6, 6.07) is 6.95. The highest BCUT2D eigenvalue weighted by Crippen LogP contribution is 2.22. The van der Waals surface area contributed by atoms with Gasteiger partial charge in [-0.3, -0.25) is 5.32 Å². The van der Waals surface area contributed by atoms with Crippen LogP contribution in [0.25, 0.3) is 11.4 Å². The van der Waals surface area contributed by atoms with E-state index < -0.39 is 17.8 Å². The van der Waals surface area contributed by atoms with E-state index in [0.29, 0.717) is 17.1 Å². The summed E-state index contributed by atoms with van der Waals surface area (Å²) in [4.78, 5) is 15.8. The van der Waals surface area contributed by atoms with E-state index in [9.17, 15) is 9.90 Å². The number of benzene rings is 1. The molecule has 0 saturated heterocycles. The number of nitrogens with one attached hydrogen (secondary N) is 1. The first-order chi connectivity index (χ1) is 10.2. The molecular weight excluding hydrogens is 286 g/mol. The van der Waals surface area contributed by atoms with Gasteiger partial charge in [0.1, 0.15) is 11.7 Å². The van der Waals surface area contributed by atoms with Crippen molar-refractivity contribution in [1.82, 2.24) is 10.1 Å². The Bertz CT molecular complexity index is 659. The van der Waals surface area contributed by atoms with E-state index in [0.717, 1.165) is 0 Å². The number of amides is 1. The minimum atomic E-state index is -0.829. The van der Waals surface area contributed by atoms with Crippen molar-refractivity contribution in [3.05, 3.63) is 30.2 Å².